The molecule has 1 aromatic heterocycles. The van der Waals surface area contributed by atoms with E-state index in [-0.39, 0.29) is 11.8 Å². The zero-order valence-electron chi connectivity index (χ0n) is 20.6. The van der Waals surface area contributed by atoms with Gasteiger partial charge in [0.2, 0.25) is 0 Å². The Bertz CT molecular complexity index is 1360. The topological polar surface area (TPSA) is 89.1 Å². The second kappa shape index (κ2) is 11.5. The van der Waals surface area contributed by atoms with Crippen LogP contribution in [0.4, 0.5) is 20.3 Å². The molecule has 0 radical (unpaired) electrons. The summed E-state index contributed by atoms with van der Waals surface area (Å²) in [4.78, 5) is 24.1. The molecule has 1 N–H and O–H groups in total. The van der Waals surface area contributed by atoms with E-state index < -0.39 is 16.7 Å². The van der Waals surface area contributed by atoms with E-state index in [4.69, 9.17) is 25.8 Å². The fraction of sp³-hybridized carbons (Fsp3) is 0.346. The molecule has 5 rings (SSSR count). The minimum Gasteiger partial charge on any atom is -0.493 e. The number of ether oxygens (including phenoxy) is 3. The van der Waals surface area contributed by atoms with Gasteiger partial charge in [0, 0.05) is 36.8 Å². The minimum absolute atomic E-state index is 0.0286. The lowest BCUT2D eigenvalue weighted by molar-refractivity contribution is -0.104. The summed E-state index contributed by atoms with van der Waals surface area (Å²) in [5.41, 5.74) is 1.45. The maximum absolute atomic E-state index is 14.5. The highest BCUT2D eigenvalue weighted by atomic mass is 35.5. The summed E-state index contributed by atoms with van der Waals surface area (Å²) in [6, 6.07) is 5.75. The number of carbonyl (C=O) groups is 1. The monoisotopic (exact) mass is 545 g/mol. The molecule has 0 spiro atoms. The third-order valence-electron chi connectivity index (χ3n) is 6.51. The van der Waals surface area contributed by atoms with Crippen LogP contribution in [-0.2, 0) is 9.53 Å². The van der Waals surface area contributed by atoms with Crippen molar-refractivity contribution in [3.05, 3.63) is 59.0 Å². The molecule has 3 heterocycles. The second-order valence-corrected chi connectivity index (χ2v) is 9.30. The zero-order valence-corrected chi connectivity index (χ0v) is 21.4. The average molecular weight is 546 g/mol. The number of aromatic nitrogens is 2. The van der Waals surface area contributed by atoms with Crippen LogP contribution in [-0.4, -0.2) is 85.2 Å². The summed E-state index contributed by atoms with van der Waals surface area (Å²) in [7, 11) is 1.53. The van der Waals surface area contributed by atoms with Gasteiger partial charge in [0.15, 0.2) is 17.3 Å². The highest BCUT2D eigenvalue weighted by Crippen LogP contribution is 2.37. The van der Waals surface area contributed by atoms with Crippen molar-refractivity contribution in [1.29, 1.82) is 0 Å². The van der Waals surface area contributed by atoms with Gasteiger partial charge in [-0.05, 0) is 24.3 Å². The van der Waals surface area contributed by atoms with E-state index in [1.165, 1.54) is 19.5 Å². The van der Waals surface area contributed by atoms with Crippen LogP contribution in [0.2, 0.25) is 5.02 Å². The first-order valence-corrected chi connectivity index (χ1v) is 12.4. The van der Waals surface area contributed by atoms with Crippen LogP contribution in [0.25, 0.3) is 10.9 Å². The van der Waals surface area contributed by atoms with Crippen molar-refractivity contribution in [2.45, 2.75) is 6.10 Å². The summed E-state index contributed by atoms with van der Waals surface area (Å²) in [6.07, 6.45) is 3.59. The van der Waals surface area contributed by atoms with E-state index in [0.29, 0.717) is 61.1 Å². The number of benzene rings is 2. The summed E-state index contributed by atoms with van der Waals surface area (Å²) >= 11 is 5.73. The van der Waals surface area contributed by atoms with Crippen molar-refractivity contribution in [2.75, 3.05) is 58.4 Å². The molecular weight excluding hydrogens is 520 g/mol. The van der Waals surface area contributed by atoms with E-state index in [2.05, 4.69) is 25.1 Å². The molecule has 0 atom stereocenters. The van der Waals surface area contributed by atoms with Gasteiger partial charge in [0.25, 0.3) is 0 Å². The van der Waals surface area contributed by atoms with Crippen LogP contribution in [0.3, 0.4) is 0 Å². The van der Waals surface area contributed by atoms with Gasteiger partial charge in [0.05, 0.1) is 44.6 Å². The Balaban J connectivity index is 1.33. The van der Waals surface area contributed by atoms with Crippen LogP contribution in [0.15, 0.2) is 42.4 Å². The maximum Gasteiger partial charge on any atom is 0.168 e. The van der Waals surface area contributed by atoms with E-state index in [0.717, 1.165) is 31.1 Å². The Morgan fingerprint density at radius 2 is 2.00 bits per heavy atom. The molecular formula is C26H26ClF2N5O4. The van der Waals surface area contributed by atoms with Gasteiger partial charge >= 0.3 is 0 Å². The van der Waals surface area contributed by atoms with Gasteiger partial charge in [-0.1, -0.05) is 11.6 Å². The molecule has 2 aromatic carbocycles. The summed E-state index contributed by atoms with van der Waals surface area (Å²) in [6.45, 7) is 4.88. The summed E-state index contributed by atoms with van der Waals surface area (Å²) in [5.74, 6) is -0.536. The molecule has 0 aliphatic carbocycles. The van der Waals surface area contributed by atoms with Crippen molar-refractivity contribution in [3.63, 3.8) is 0 Å². The molecule has 2 aliphatic heterocycles. The molecule has 2 saturated heterocycles. The Morgan fingerprint density at radius 3 is 2.74 bits per heavy atom. The number of carbonyl (C=O) groups excluding carboxylic acids is 1. The number of fused-ring (bicyclic) bond motifs is 1. The number of likely N-dealkylation sites (tertiary alicyclic amines) is 1. The smallest absolute Gasteiger partial charge is 0.168 e. The number of anilines is 2. The number of hydrogen-bond acceptors (Lipinski definition) is 9. The second-order valence-electron chi connectivity index (χ2n) is 8.92. The van der Waals surface area contributed by atoms with Gasteiger partial charge in [0.1, 0.15) is 35.4 Å². The number of aldehydes is 1. The number of methoxy groups -OCH3 is 1. The number of nitrogens with zero attached hydrogens (tertiary/aromatic N) is 4. The SMILES string of the molecule is COc1cc2ncnc(Nc3ccc(F)c(Cl)c3F)c2cc1OC1CN(C(=CC=O)CN2CCOCC2)C1. The van der Waals surface area contributed by atoms with Crippen molar-refractivity contribution >= 4 is 40.3 Å². The van der Waals surface area contributed by atoms with Crippen molar-refractivity contribution < 1.29 is 27.8 Å². The van der Waals surface area contributed by atoms with Crippen molar-refractivity contribution in [2.24, 2.45) is 0 Å². The van der Waals surface area contributed by atoms with E-state index >= 15 is 0 Å². The predicted molar refractivity (Wildman–Crippen MR) is 138 cm³/mol. The third-order valence-corrected chi connectivity index (χ3v) is 6.85. The van der Waals surface area contributed by atoms with Crippen LogP contribution in [0, 0.1) is 11.6 Å². The largest absolute Gasteiger partial charge is 0.493 e. The Labute approximate surface area is 222 Å². The zero-order chi connectivity index (χ0) is 26.6. The highest BCUT2D eigenvalue weighted by molar-refractivity contribution is 6.31. The molecule has 38 heavy (non-hydrogen) atoms. The first-order chi connectivity index (χ1) is 18.5. The van der Waals surface area contributed by atoms with Gasteiger partial charge in [-0.3, -0.25) is 9.69 Å². The molecule has 0 bridgehead atoms. The molecule has 200 valence electrons. The fourth-order valence-corrected chi connectivity index (χ4v) is 4.58. The fourth-order valence-electron chi connectivity index (χ4n) is 4.42. The summed E-state index contributed by atoms with van der Waals surface area (Å²) < 4.78 is 45.3. The molecule has 9 nitrogen and oxygen atoms in total. The van der Waals surface area contributed by atoms with E-state index in [1.807, 2.05) is 0 Å². The quantitative estimate of drug-likeness (QED) is 0.245. The lowest BCUT2D eigenvalue weighted by Crippen LogP contribution is -2.54. The summed E-state index contributed by atoms with van der Waals surface area (Å²) in [5, 5.41) is 2.81. The first kappa shape index (κ1) is 26.1. The van der Waals surface area contributed by atoms with Crippen molar-refractivity contribution in [3.8, 4) is 11.5 Å². The lowest BCUT2D eigenvalue weighted by atomic mass is 10.1. The highest BCUT2D eigenvalue weighted by Gasteiger charge is 2.32. The number of rotatable bonds is 9. The minimum atomic E-state index is -0.922. The van der Waals surface area contributed by atoms with Crippen LogP contribution in [0.5, 0.6) is 11.5 Å². The average Bonchev–Trinajstić information content (AvgIpc) is 2.91. The number of nitrogens with one attached hydrogen (secondary N) is 1. The molecule has 3 aromatic rings. The molecule has 12 heteroatoms. The lowest BCUT2D eigenvalue weighted by Gasteiger charge is -2.43. The van der Waals surface area contributed by atoms with E-state index in [1.54, 1.807) is 18.2 Å². The number of halogens is 3. The molecule has 2 aliphatic rings. The standard InChI is InChI=1S/C26H26ClF2N5O4/c1-36-22-11-21-18(26(31-15-30-21)32-20-3-2-19(28)24(27)25(20)29)10-23(22)38-17-13-34(14-17)16(4-7-35)12-33-5-8-37-9-6-33/h2-4,7,10-11,15,17H,5-6,8-9,12-14H2,1H3,(H,30,31,32). The van der Waals surface area contributed by atoms with Crippen LogP contribution in [0.1, 0.15) is 0 Å². The first-order valence-electron chi connectivity index (χ1n) is 12.1. The normalized spacial score (nSPS) is 16.8. The third kappa shape index (κ3) is 5.50. The predicted octanol–water partition coefficient (Wildman–Crippen LogP) is 3.79. The number of morpholine rings is 1. The number of allylic oxidation sites excluding steroid dienone is 1. The van der Waals surface area contributed by atoms with Crippen molar-refractivity contribution in [1.82, 2.24) is 19.8 Å². The van der Waals surface area contributed by atoms with Gasteiger partial charge in [-0.25, -0.2) is 18.7 Å². The molecule has 0 saturated carbocycles. The molecule has 2 fully saturated rings. The van der Waals surface area contributed by atoms with Gasteiger partial charge in [-0.2, -0.15) is 0 Å². The van der Waals surface area contributed by atoms with Gasteiger partial charge in [-0.15, -0.1) is 0 Å². The van der Waals surface area contributed by atoms with Gasteiger partial charge < -0.3 is 24.4 Å². The Hall–Kier alpha value is -3.54. The molecule has 0 unspecified atom stereocenters. The Morgan fingerprint density at radius 1 is 1.21 bits per heavy atom. The number of hydrogen-bond donors (Lipinski definition) is 1. The maximum atomic E-state index is 14.5. The van der Waals surface area contributed by atoms with Crippen LogP contribution >= 0.6 is 11.6 Å². The van der Waals surface area contributed by atoms with E-state index in [9.17, 15) is 13.6 Å². The molecule has 0 amide bonds. The van der Waals surface area contributed by atoms with Crippen LogP contribution < -0.4 is 14.8 Å². The Kier molecular flexibility index (Phi) is 7.87.